The molecule has 3 aromatic rings. The number of aromatic hydroxyl groups is 1. The summed E-state index contributed by atoms with van der Waals surface area (Å²) in [7, 11) is 0. The average Bonchev–Trinajstić information content (AvgIpc) is 2.59. The zero-order chi connectivity index (χ0) is 18.9. The van der Waals surface area contributed by atoms with E-state index in [1.807, 2.05) is 0 Å². The Morgan fingerprint density at radius 1 is 1.04 bits per heavy atom. The molecule has 134 valence electrons. The highest BCUT2D eigenvalue weighted by molar-refractivity contribution is 6.37. The summed E-state index contributed by atoms with van der Waals surface area (Å²) >= 11 is 11.7. The lowest BCUT2D eigenvalue weighted by atomic mass is 10.2. The van der Waals surface area contributed by atoms with Gasteiger partial charge in [-0.25, -0.2) is 9.97 Å². The number of nitrogens with one attached hydrogen (secondary N) is 1. The van der Waals surface area contributed by atoms with Gasteiger partial charge in [0.2, 0.25) is 0 Å². The monoisotopic (exact) mass is 400 g/mol. The third-order valence-electron chi connectivity index (χ3n) is 3.24. The third-order valence-corrected chi connectivity index (χ3v) is 3.85. The van der Waals surface area contributed by atoms with Gasteiger partial charge in [-0.1, -0.05) is 23.2 Å². The van der Waals surface area contributed by atoms with Crippen molar-refractivity contribution in [1.82, 2.24) is 15.0 Å². The maximum Gasteiger partial charge on any atom is 0.433 e. The highest BCUT2D eigenvalue weighted by Gasteiger charge is 2.34. The van der Waals surface area contributed by atoms with Crippen molar-refractivity contribution in [2.75, 3.05) is 5.32 Å². The normalized spacial score (nSPS) is 11.4. The number of anilines is 2. The summed E-state index contributed by atoms with van der Waals surface area (Å²) in [6.07, 6.45) is -1.85. The summed E-state index contributed by atoms with van der Waals surface area (Å²) in [5, 5.41) is 12.4. The van der Waals surface area contributed by atoms with Crippen molar-refractivity contribution in [3.8, 4) is 17.1 Å². The van der Waals surface area contributed by atoms with Crippen molar-refractivity contribution in [2.24, 2.45) is 0 Å². The van der Waals surface area contributed by atoms with E-state index in [1.165, 1.54) is 30.6 Å². The number of halogens is 5. The first kappa shape index (κ1) is 18.2. The number of phenols is 1. The molecule has 0 unspecified atom stereocenters. The van der Waals surface area contributed by atoms with Gasteiger partial charge in [0, 0.05) is 30.1 Å². The van der Waals surface area contributed by atoms with Crippen LogP contribution in [0.1, 0.15) is 5.69 Å². The molecule has 5 nitrogen and oxygen atoms in total. The summed E-state index contributed by atoms with van der Waals surface area (Å²) in [6, 6.07) is 6.27. The second kappa shape index (κ2) is 6.97. The van der Waals surface area contributed by atoms with Crippen molar-refractivity contribution in [1.29, 1.82) is 0 Å². The van der Waals surface area contributed by atoms with Crippen LogP contribution < -0.4 is 5.32 Å². The van der Waals surface area contributed by atoms with Crippen LogP contribution in [-0.4, -0.2) is 20.1 Å². The number of pyridine rings is 1. The number of hydrogen-bond donors (Lipinski definition) is 2. The van der Waals surface area contributed by atoms with E-state index in [2.05, 4.69) is 20.3 Å². The molecule has 0 aliphatic heterocycles. The van der Waals surface area contributed by atoms with Gasteiger partial charge in [0.05, 0.1) is 15.7 Å². The number of alkyl halides is 3. The number of rotatable bonds is 3. The van der Waals surface area contributed by atoms with E-state index in [9.17, 15) is 18.3 Å². The lowest BCUT2D eigenvalue weighted by molar-refractivity contribution is -0.141. The van der Waals surface area contributed by atoms with Gasteiger partial charge < -0.3 is 10.4 Å². The number of benzene rings is 1. The van der Waals surface area contributed by atoms with Crippen molar-refractivity contribution in [3.63, 3.8) is 0 Å². The Kier molecular flexibility index (Phi) is 4.88. The van der Waals surface area contributed by atoms with Crippen molar-refractivity contribution < 1.29 is 18.3 Å². The molecule has 26 heavy (non-hydrogen) atoms. The van der Waals surface area contributed by atoms with Gasteiger partial charge in [0.1, 0.15) is 11.6 Å². The highest BCUT2D eigenvalue weighted by Crippen LogP contribution is 2.36. The number of phenolic OH excluding ortho intramolecular Hbond substituents is 1. The third kappa shape index (κ3) is 3.97. The van der Waals surface area contributed by atoms with E-state index < -0.39 is 11.9 Å². The van der Waals surface area contributed by atoms with Crippen LogP contribution in [0.15, 0.2) is 42.7 Å². The number of nitrogens with zero attached hydrogens (tertiary/aromatic N) is 3. The SMILES string of the molecule is Oc1cc(Nc2cc(C(F)(F)F)nc(-c3cccnc3)n2)c(Cl)cc1Cl. The van der Waals surface area contributed by atoms with Crippen LogP contribution >= 0.6 is 23.2 Å². The van der Waals surface area contributed by atoms with Gasteiger partial charge in [-0.15, -0.1) is 0 Å². The van der Waals surface area contributed by atoms with Crippen LogP contribution in [0.5, 0.6) is 5.75 Å². The zero-order valence-corrected chi connectivity index (χ0v) is 14.2. The number of hydrogen-bond acceptors (Lipinski definition) is 5. The highest BCUT2D eigenvalue weighted by atomic mass is 35.5. The van der Waals surface area contributed by atoms with Gasteiger partial charge in [-0.05, 0) is 18.2 Å². The predicted octanol–water partition coefficient (Wildman–Crippen LogP) is 5.31. The fourth-order valence-corrected chi connectivity index (χ4v) is 2.48. The molecule has 0 saturated carbocycles. The van der Waals surface area contributed by atoms with Crippen LogP contribution in [0.25, 0.3) is 11.4 Å². The maximum absolute atomic E-state index is 13.2. The van der Waals surface area contributed by atoms with Crippen molar-refractivity contribution >= 4 is 34.7 Å². The van der Waals surface area contributed by atoms with Crippen LogP contribution in [0, 0.1) is 0 Å². The van der Waals surface area contributed by atoms with E-state index in [4.69, 9.17) is 23.2 Å². The second-order valence-electron chi connectivity index (χ2n) is 5.11. The molecule has 0 saturated heterocycles. The van der Waals surface area contributed by atoms with Crippen molar-refractivity contribution in [3.05, 3.63) is 58.5 Å². The largest absolute Gasteiger partial charge is 0.506 e. The molecular weight excluding hydrogens is 392 g/mol. The summed E-state index contributed by atoms with van der Waals surface area (Å²) in [4.78, 5) is 11.5. The molecule has 0 aliphatic carbocycles. The van der Waals surface area contributed by atoms with E-state index >= 15 is 0 Å². The Balaban J connectivity index is 2.08. The minimum absolute atomic E-state index is 0.00951. The standard InChI is InChI=1S/C16H9Cl2F3N4O/c17-9-4-10(18)12(26)5-11(9)23-14-6-13(16(19,20)21)24-15(25-14)8-2-1-3-22-7-8/h1-7,26H,(H,23,24,25). The summed E-state index contributed by atoms with van der Waals surface area (Å²) in [6.45, 7) is 0. The smallest absolute Gasteiger partial charge is 0.433 e. The Hall–Kier alpha value is -2.58. The summed E-state index contributed by atoms with van der Waals surface area (Å²) in [5.74, 6) is -0.601. The molecule has 0 spiro atoms. The minimum atomic E-state index is -4.68. The summed E-state index contributed by atoms with van der Waals surface area (Å²) in [5.41, 5.74) is -0.688. The molecule has 3 rings (SSSR count). The van der Waals surface area contributed by atoms with E-state index in [-0.39, 0.29) is 33.1 Å². The molecule has 0 atom stereocenters. The van der Waals surface area contributed by atoms with Gasteiger partial charge >= 0.3 is 6.18 Å². The van der Waals surface area contributed by atoms with E-state index in [0.717, 1.165) is 6.07 Å². The lowest BCUT2D eigenvalue weighted by Crippen LogP contribution is -2.11. The fourth-order valence-electron chi connectivity index (χ4n) is 2.05. The number of aromatic nitrogens is 3. The molecular formula is C16H9Cl2F3N4O. The van der Waals surface area contributed by atoms with Gasteiger partial charge in [0.25, 0.3) is 0 Å². The Morgan fingerprint density at radius 3 is 2.46 bits per heavy atom. The van der Waals surface area contributed by atoms with Gasteiger partial charge in [0.15, 0.2) is 11.5 Å². The van der Waals surface area contributed by atoms with Crippen LogP contribution in [-0.2, 0) is 6.18 Å². The average molecular weight is 401 g/mol. The van der Waals surface area contributed by atoms with Gasteiger partial charge in [-0.3, -0.25) is 4.98 Å². The van der Waals surface area contributed by atoms with Gasteiger partial charge in [-0.2, -0.15) is 13.2 Å². The molecule has 0 fully saturated rings. The lowest BCUT2D eigenvalue weighted by Gasteiger charge is -2.13. The topological polar surface area (TPSA) is 70.9 Å². The molecule has 10 heteroatoms. The Morgan fingerprint density at radius 2 is 1.81 bits per heavy atom. The first-order valence-electron chi connectivity index (χ1n) is 7.06. The van der Waals surface area contributed by atoms with Crippen LogP contribution in [0.4, 0.5) is 24.7 Å². The molecule has 0 bridgehead atoms. The molecule has 0 radical (unpaired) electrons. The second-order valence-corrected chi connectivity index (χ2v) is 5.92. The molecule has 0 amide bonds. The maximum atomic E-state index is 13.2. The fraction of sp³-hybridized carbons (Fsp3) is 0.0625. The molecule has 2 N–H and O–H groups in total. The van der Waals surface area contributed by atoms with Crippen LogP contribution in [0.2, 0.25) is 10.0 Å². The molecule has 1 aromatic carbocycles. The quantitative estimate of drug-likeness (QED) is 0.622. The molecule has 0 aliphatic rings. The molecule has 2 aromatic heterocycles. The Bertz CT molecular complexity index is 952. The van der Waals surface area contributed by atoms with Crippen LogP contribution in [0.3, 0.4) is 0 Å². The first-order valence-corrected chi connectivity index (χ1v) is 7.81. The molecule has 2 heterocycles. The minimum Gasteiger partial charge on any atom is -0.506 e. The first-order chi connectivity index (χ1) is 12.2. The van der Waals surface area contributed by atoms with E-state index in [0.29, 0.717) is 5.56 Å². The predicted molar refractivity (Wildman–Crippen MR) is 91.7 cm³/mol. The van der Waals surface area contributed by atoms with Crippen molar-refractivity contribution in [2.45, 2.75) is 6.18 Å². The summed E-state index contributed by atoms with van der Waals surface area (Å²) < 4.78 is 39.5. The Labute approximate surface area is 155 Å². The van der Waals surface area contributed by atoms with E-state index in [1.54, 1.807) is 6.07 Å². The zero-order valence-electron chi connectivity index (χ0n) is 12.7.